The van der Waals surface area contributed by atoms with Crippen LogP contribution in [0.1, 0.15) is 19.0 Å². The lowest BCUT2D eigenvalue weighted by atomic mass is 9.89. The molecular weight excluding hydrogens is 335 g/mol. The molecule has 0 aliphatic carbocycles. The van der Waals surface area contributed by atoms with Crippen molar-refractivity contribution in [3.63, 3.8) is 0 Å². The van der Waals surface area contributed by atoms with Gasteiger partial charge in [-0.2, -0.15) is 0 Å². The molecule has 0 bridgehead atoms. The van der Waals surface area contributed by atoms with Crippen LogP contribution in [0.2, 0.25) is 0 Å². The van der Waals surface area contributed by atoms with Crippen LogP contribution in [0.3, 0.4) is 0 Å². The number of carbonyl (C=O) groups is 1. The van der Waals surface area contributed by atoms with Crippen molar-refractivity contribution in [2.24, 2.45) is 0 Å². The first kappa shape index (κ1) is 17.0. The van der Waals surface area contributed by atoms with E-state index in [0.717, 1.165) is 23.6 Å². The van der Waals surface area contributed by atoms with Crippen LogP contribution in [0.5, 0.6) is 0 Å². The highest BCUT2D eigenvalue weighted by atomic mass is 19.1. The van der Waals surface area contributed by atoms with Gasteiger partial charge >= 0.3 is 0 Å². The minimum atomic E-state index is -0.455. The van der Waals surface area contributed by atoms with Gasteiger partial charge in [0.05, 0.1) is 11.4 Å². The second-order valence-electron chi connectivity index (χ2n) is 6.68. The molecule has 4 heterocycles. The lowest BCUT2D eigenvalue weighted by molar-refractivity contribution is -0.135. The van der Waals surface area contributed by atoms with Crippen LogP contribution in [-0.2, 0) is 15.1 Å². The fourth-order valence-corrected chi connectivity index (χ4v) is 4.23. The molecular formula is C19H23FN4O2. The third-order valence-corrected chi connectivity index (χ3v) is 5.37. The molecule has 2 aromatic rings. The molecule has 4 rings (SSSR count). The van der Waals surface area contributed by atoms with Crippen molar-refractivity contribution in [1.29, 1.82) is 0 Å². The monoisotopic (exact) mass is 358 g/mol. The molecule has 138 valence electrons. The predicted molar refractivity (Wildman–Crippen MR) is 96.3 cm³/mol. The number of carbonyl (C=O) groups excluding carboxylic acids is 1. The van der Waals surface area contributed by atoms with Gasteiger partial charge in [0.1, 0.15) is 18.8 Å². The number of likely N-dealkylation sites (tertiary alicyclic amines) is 1. The van der Waals surface area contributed by atoms with Crippen molar-refractivity contribution < 1.29 is 13.9 Å². The van der Waals surface area contributed by atoms with Crippen molar-refractivity contribution in [2.75, 3.05) is 44.4 Å². The third kappa shape index (κ3) is 2.49. The highest BCUT2D eigenvalue weighted by molar-refractivity contribution is 5.78. The van der Waals surface area contributed by atoms with Gasteiger partial charge in [0, 0.05) is 38.6 Å². The number of pyridine rings is 1. The van der Waals surface area contributed by atoms with Crippen LogP contribution in [0.15, 0.2) is 36.7 Å². The number of amides is 1. The van der Waals surface area contributed by atoms with Crippen LogP contribution in [-0.4, -0.2) is 59.9 Å². The Balaban J connectivity index is 1.75. The summed E-state index contributed by atoms with van der Waals surface area (Å²) in [7, 11) is 0. The van der Waals surface area contributed by atoms with Crippen LogP contribution in [0.4, 0.5) is 10.1 Å². The van der Waals surface area contributed by atoms with Gasteiger partial charge in [-0.15, -0.1) is 0 Å². The molecule has 6 nitrogen and oxygen atoms in total. The van der Waals surface area contributed by atoms with Gasteiger partial charge in [-0.3, -0.25) is 4.79 Å². The van der Waals surface area contributed by atoms with Gasteiger partial charge < -0.3 is 19.1 Å². The fourth-order valence-electron chi connectivity index (χ4n) is 4.23. The predicted octanol–water partition coefficient (Wildman–Crippen LogP) is 2.13. The number of halogens is 1. The van der Waals surface area contributed by atoms with Crippen molar-refractivity contribution in [1.82, 2.24) is 14.5 Å². The fraction of sp³-hybridized carbons (Fsp3) is 0.474. The number of hydrogen-bond acceptors (Lipinski definition) is 4. The molecule has 0 aromatic carbocycles. The highest BCUT2D eigenvalue weighted by Crippen LogP contribution is 2.46. The molecule has 26 heavy (non-hydrogen) atoms. The Morgan fingerprint density at radius 3 is 3.08 bits per heavy atom. The second-order valence-corrected chi connectivity index (χ2v) is 6.68. The zero-order valence-electron chi connectivity index (χ0n) is 14.9. The maximum Gasteiger partial charge on any atom is 0.248 e. The van der Waals surface area contributed by atoms with Crippen LogP contribution < -0.4 is 4.90 Å². The van der Waals surface area contributed by atoms with Gasteiger partial charge in [-0.05, 0) is 37.6 Å². The zero-order valence-corrected chi connectivity index (χ0v) is 14.9. The van der Waals surface area contributed by atoms with Crippen molar-refractivity contribution in [3.8, 4) is 5.82 Å². The molecule has 1 atom stereocenters. The van der Waals surface area contributed by atoms with Gasteiger partial charge in [-0.25, -0.2) is 9.37 Å². The Kier molecular flexibility index (Phi) is 4.40. The molecule has 2 aromatic heterocycles. The summed E-state index contributed by atoms with van der Waals surface area (Å²) in [5.74, 6) is 0.796. The largest absolute Gasteiger partial charge is 0.372 e. The lowest BCUT2D eigenvalue weighted by Crippen LogP contribution is -2.53. The molecule has 1 amide bonds. The topological polar surface area (TPSA) is 50.6 Å². The van der Waals surface area contributed by atoms with Crippen molar-refractivity contribution in [3.05, 3.63) is 42.4 Å². The van der Waals surface area contributed by atoms with E-state index in [-0.39, 0.29) is 19.1 Å². The lowest BCUT2D eigenvalue weighted by Gasteiger charge is -2.46. The van der Waals surface area contributed by atoms with E-state index >= 15 is 0 Å². The molecule has 1 fully saturated rings. The SMILES string of the molecule is CCOCC(=O)N1CC[C@@]2(C1)c1cccn1-c1ncccc1N2CCF. The minimum absolute atomic E-state index is 0.0148. The van der Waals surface area contributed by atoms with Crippen LogP contribution in [0, 0.1) is 0 Å². The van der Waals surface area contributed by atoms with E-state index in [1.807, 2.05) is 36.2 Å². The van der Waals surface area contributed by atoms with Gasteiger partial charge in [-0.1, -0.05) is 0 Å². The van der Waals surface area contributed by atoms with E-state index in [9.17, 15) is 9.18 Å². The van der Waals surface area contributed by atoms with Gasteiger partial charge in [0.2, 0.25) is 5.91 Å². The zero-order chi connectivity index (χ0) is 18.1. The van der Waals surface area contributed by atoms with Gasteiger partial charge in [0.15, 0.2) is 5.82 Å². The molecule has 0 saturated carbocycles. The number of hydrogen-bond donors (Lipinski definition) is 0. The Labute approximate surface area is 152 Å². The molecule has 0 N–H and O–H groups in total. The summed E-state index contributed by atoms with van der Waals surface area (Å²) < 4.78 is 20.8. The Bertz CT molecular complexity index is 808. The van der Waals surface area contributed by atoms with Crippen LogP contribution in [0.25, 0.3) is 5.82 Å². The summed E-state index contributed by atoms with van der Waals surface area (Å²) in [6.45, 7) is 3.46. The highest BCUT2D eigenvalue weighted by Gasteiger charge is 2.50. The molecule has 2 aliphatic rings. The molecule has 0 radical (unpaired) electrons. The van der Waals surface area contributed by atoms with E-state index in [1.165, 1.54) is 0 Å². The first-order valence-corrected chi connectivity index (χ1v) is 9.03. The van der Waals surface area contributed by atoms with Crippen molar-refractivity contribution >= 4 is 11.6 Å². The maximum atomic E-state index is 13.5. The first-order valence-electron chi connectivity index (χ1n) is 9.03. The van der Waals surface area contributed by atoms with E-state index in [4.69, 9.17) is 4.74 Å². The standard InChI is InChI=1S/C19H23FN4O2/c1-2-26-13-17(25)22-11-7-19(14-22)16-6-4-10-23(16)18-15(5-3-9-21-18)24(19)12-8-20/h3-6,9-10H,2,7-8,11-14H2,1H3/t19-/m1/s1. The Morgan fingerprint density at radius 1 is 1.38 bits per heavy atom. The number of aromatic nitrogens is 2. The Hall–Kier alpha value is -2.41. The second kappa shape index (κ2) is 6.72. The average Bonchev–Trinajstić information content (AvgIpc) is 3.32. The number of alkyl halides is 1. The average molecular weight is 358 g/mol. The number of nitrogens with zero attached hydrogens (tertiary/aromatic N) is 4. The molecule has 0 unspecified atom stereocenters. The van der Waals surface area contributed by atoms with E-state index in [0.29, 0.717) is 19.7 Å². The Morgan fingerprint density at radius 2 is 2.27 bits per heavy atom. The number of rotatable bonds is 5. The quantitative estimate of drug-likeness (QED) is 0.822. The van der Waals surface area contributed by atoms with E-state index in [2.05, 4.69) is 20.5 Å². The summed E-state index contributed by atoms with van der Waals surface area (Å²) in [4.78, 5) is 20.9. The number of anilines is 1. The molecule has 7 heteroatoms. The third-order valence-electron chi connectivity index (χ3n) is 5.37. The summed E-state index contributed by atoms with van der Waals surface area (Å²) in [6.07, 6.45) is 4.49. The molecule has 1 spiro atoms. The summed E-state index contributed by atoms with van der Waals surface area (Å²) in [6, 6.07) is 7.89. The van der Waals surface area contributed by atoms with Crippen molar-refractivity contribution in [2.45, 2.75) is 18.9 Å². The van der Waals surface area contributed by atoms with Gasteiger partial charge in [0.25, 0.3) is 0 Å². The number of ether oxygens (including phenoxy) is 1. The normalized spacial score (nSPS) is 21.2. The van der Waals surface area contributed by atoms with Crippen LogP contribution >= 0.6 is 0 Å². The van der Waals surface area contributed by atoms with E-state index < -0.39 is 12.2 Å². The number of fused-ring (bicyclic) bond motifs is 4. The van der Waals surface area contributed by atoms with E-state index in [1.54, 1.807) is 6.20 Å². The summed E-state index contributed by atoms with van der Waals surface area (Å²) in [5, 5.41) is 0. The smallest absolute Gasteiger partial charge is 0.248 e. The molecule has 1 saturated heterocycles. The maximum absolute atomic E-state index is 13.5. The summed E-state index contributed by atoms with van der Waals surface area (Å²) >= 11 is 0. The minimum Gasteiger partial charge on any atom is -0.372 e. The first-order chi connectivity index (χ1) is 12.7. The summed E-state index contributed by atoms with van der Waals surface area (Å²) in [5.41, 5.74) is 1.53. The molecule has 2 aliphatic heterocycles.